The Balaban J connectivity index is 1.90. The molecule has 4 nitrogen and oxygen atoms in total. The molecule has 0 spiro atoms. The van der Waals surface area contributed by atoms with Crippen LogP contribution in [0.2, 0.25) is 0 Å². The van der Waals surface area contributed by atoms with Crippen LogP contribution in [0.1, 0.15) is 10.6 Å². The predicted octanol–water partition coefficient (Wildman–Crippen LogP) is 2.34. The minimum absolute atomic E-state index is 0.0729. The predicted molar refractivity (Wildman–Crippen MR) is 70.2 cm³/mol. The van der Waals surface area contributed by atoms with Gasteiger partial charge in [-0.2, -0.15) is 5.26 Å². The van der Waals surface area contributed by atoms with Gasteiger partial charge in [-0.15, -0.1) is 11.3 Å². The van der Waals surface area contributed by atoms with Gasteiger partial charge in [-0.3, -0.25) is 0 Å². The van der Waals surface area contributed by atoms with E-state index in [4.69, 9.17) is 10.00 Å². The highest BCUT2D eigenvalue weighted by Crippen LogP contribution is 2.17. The Hall–Kier alpha value is -1.90. The zero-order chi connectivity index (χ0) is 12.6. The van der Waals surface area contributed by atoms with Crippen molar-refractivity contribution < 1.29 is 4.74 Å². The van der Waals surface area contributed by atoms with Gasteiger partial charge in [0.05, 0.1) is 0 Å². The highest BCUT2D eigenvalue weighted by molar-refractivity contribution is 7.09. The summed E-state index contributed by atoms with van der Waals surface area (Å²) in [5.74, 6) is 0.755. The average molecular weight is 259 g/mol. The number of nitriles is 1. The molecule has 0 saturated heterocycles. The molecule has 0 amide bonds. The summed E-state index contributed by atoms with van der Waals surface area (Å²) in [4.78, 5) is 4.20. The largest absolute Gasteiger partial charge is 0.478 e. The number of nitrogens with zero attached hydrogens (tertiary/aromatic N) is 2. The summed E-state index contributed by atoms with van der Waals surface area (Å²) in [7, 11) is 0. The molecule has 1 N–H and O–H groups in total. The fraction of sp³-hybridized carbons (Fsp3) is 0.231. The average Bonchev–Trinajstić information content (AvgIpc) is 2.91. The van der Waals surface area contributed by atoms with Gasteiger partial charge in [0.25, 0.3) is 0 Å². The molecule has 0 aliphatic heterocycles. The molecule has 2 rings (SSSR count). The summed E-state index contributed by atoms with van der Waals surface area (Å²) in [6, 6.07) is 9.69. The molecule has 0 radical (unpaired) electrons. The van der Waals surface area contributed by atoms with Gasteiger partial charge in [0.15, 0.2) is 6.61 Å². The molecule has 0 unspecified atom stereocenters. The quantitative estimate of drug-likeness (QED) is 0.865. The second-order valence-corrected chi connectivity index (χ2v) is 4.56. The molecule has 5 heteroatoms. The Morgan fingerprint density at radius 2 is 2.22 bits per heavy atom. The summed E-state index contributed by atoms with van der Waals surface area (Å²) in [5, 5.41) is 14.8. The zero-order valence-corrected chi connectivity index (χ0v) is 10.6. The van der Waals surface area contributed by atoms with Crippen LogP contribution in [0.4, 0.5) is 0 Å². The standard InChI is InChI=1S/C13H13N3OS/c14-5-7-17-12-4-2-1-3-11(12)9-15-10-13-16-6-8-18-13/h1-4,6,8,15H,7,9-10H2. The third-order valence-electron chi connectivity index (χ3n) is 2.34. The number of aromatic nitrogens is 1. The van der Waals surface area contributed by atoms with Crippen molar-refractivity contribution in [1.29, 1.82) is 5.26 Å². The molecular formula is C13H13N3OS. The lowest BCUT2D eigenvalue weighted by Crippen LogP contribution is -2.13. The molecule has 0 aliphatic carbocycles. The molecule has 92 valence electrons. The SMILES string of the molecule is N#CCOc1ccccc1CNCc1nccs1. The van der Waals surface area contributed by atoms with E-state index in [0.29, 0.717) is 6.54 Å². The summed E-state index contributed by atoms with van der Waals surface area (Å²) >= 11 is 1.63. The van der Waals surface area contributed by atoms with E-state index in [9.17, 15) is 0 Å². The van der Waals surface area contributed by atoms with Crippen LogP contribution in [0.25, 0.3) is 0 Å². The number of para-hydroxylation sites is 1. The Labute approximate surface area is 110 Å². The van der Waals surface area contributed by atoms with Crippen molar-refractivity contribution >= 4 is 11.3 Å². The second-order valence-electron chi connectivity index (χ2n) is 3.58. The molecular weight excluding hydrogens is 246 g/mol. The Kier molecular flexibility index (Phi) is 4.70. The lowest BCUT2D eigenvalue weighted by Gasteiger charge is -2.09. The minimum Gasteiger partial charge on any atom is -0.478 e. The van der Waals surface area contributed by atoms with E-state index in [1.54, 1.807) is 17.5 Å². The van der Waals surface area contributed by atoms with Crippen molar-refractivity contribution in [1.82, 2.24) is 10.3 Å². The third-order valence-corrected chi connectivity index (χ3v) is 3.12. The Morgan fingerprint density at radius 3 is 3.00 bits per heavy atom. The number of hydrogen-bond acceptors (Lipinski definition) is 5. The highest BCUT2D eigenvalue weighted by atomic mass is 32.1. The number of thiazole rings is 1. The molecule has 0 atom stereocenters. The summed E-state index contributed by atoms with van der Waals surface area (Å²) < 4.78 is 5.36. The van der Waals surface area contributed by atoms with Crippen LogP contribution < -0.4 is 10.1 Å². The number of ether oxygens (including phenoxy) is 1. The van der Waals surface area contributed by atoms with Crippen LogP contribution in [0.3, 0.4) is 0 Å². The first-order chi connectivity index (χ1) is 8.90. The minimum atomic E-state index is 0.0729. The van der Waals surface area contributed by atoms with Crippen LogP contribution in [-0.2, 0) is 13.1 Å². The lowest BCUT2D eigenvalue weighted by molar-refractivity contribution is 0.362. The second kappa shape index (κ2) is 6.74. The van der Waals surface area contributed by atoms with Crippen molar-refractivity contribution in [3.63, 3.8) is 0 Å². The van der Waals surface area contributed by atoms with Gasteiger partial charge < -0.3 is 10.1 Å². The number of hydrogen-bond donors (Lipinski definition) is 1. The molecule has 0 aliphatic rings. The van der Waals surface area contributed by atoms with Crippen molar-refractivity contribution in [2.45, 2.75) is 13.1 Å². The fourth-order valence-corrected chi connectivity index (χ4v) is 2.13. The molecule has 2 aromatic rings. The van der Waals surface area contributed by atoms with Crippen LogP contribution in [0, 0.1) is 11.3 Å². The maximum atomic E-state index is 8.52. The maximum absolute atomic E-state index is 8.52. The molecule has 1 aromatic heterocycles. The van der Waals surface area contributed by atoms with E-state index in [1.807, 2.05) is 35.7 Å². The highest BCUT2D eigenvalue weighted by Gasteiger charge is 2.02. The van der Waals surface area contributed by atoms with E-state index in [1.165, 1.54) is 0 Å². The number of nitrogens with one attached hydrogen (secondary N) is 1. The molecule has 0 fully saturated rings. The summed E-state index contributed by atoms with van der Waals surface area (Å²) in [5.41, 5.74) is 1.05. The first kappa shape index (κ1) is 12.6. The first-order valence-corrected chi connectivity index (χ1v) is 6.45. The van der Waals surface area contributed by atoms with Gasteiger partial charge >= 0.3 is 0 Å². The number of rotatable bonds is 6. The van der Waals surface area contributed by atoms with Gasteiger partial charge in [-0.1, -0.05) is 18.2 Å². The smallest absolute Gasteiger partial charge is 0.174 e. The van der Waals surface area contributed by atoms with Crippen molar-refractivity contribution in [2.75, 3.05) is 6.61 Å². The zero-order valence-electron chi connectivity index (χ0n) is 9.80. The molecule has 0 saturated carbocycles. The van der Waals surface area contributed by atoms with E-state index < -0.39 is 0 Å². The summed E-state index contributed by atoms with van der Waals surface area (Å²) in [6.07, 6.45) is 1.80. The van der Waals surface area contributed by atoms with Gasteiger partial charge in [-0.05, 0) is 6.07 Å². The summed E-state index contributed by atoms with van der Waals surface area (Å²) in [6.45, 7) is 1.51. The van der Waals surface area contributed by atoms with Crippen LogP contribution in [-0.4, -0.2) is 11.6 Å². The monoisotopic (exact) mass is 259 g/mol. The Morgan fingerprint density at radius 1 is 1.33 bits per heavy atom. The molecule has 18 heavy (non-hydrogen) atoms. The molecule has 0 bridgehead atoms. The molecule has 1 aromatic carbocycles. The fourth-order valence-electron chi connectivity index (χ4n) is 1.55. The van der Waals surface area contributed by atoms with Crippen LogP contribution in [0.15, 0.2) is 35.8 Å². The topological polar surface area (TPSA) is 57.9 Å². The van der Waals surface area contributed by atoms with Crippen LogP contribution >= 0.6 is 11.3 Å². The van der Waals surface area contributed by atoms with E-state index >= 15 is 0 Å². The van der Waals surface area contributed by atoms with Crippen molar-refractivity contribution in [3.05, 3.63) is 46.4 Å². The Bertz CT molecular complexity index is 519. The van der Waals surface area contributed by atoms with Gasteiger partial charge in [0.2, 0.25) is 0 Å². The molecule has 1 heterocycles. The van der Waals surface area contributed by atoms with Gasteiger partial charge in [0.1, 0.15) is 16.8 Å². The van der Waals surface area contributed by atoms with E-state index in [2.05, 4.69) is 10.3 Å². The van der Waals surface area contributed by atoms with Crippen LogP contribution in [0.5, 0.6) is 5.75 Å². The normalized spacial score (nSPS) is 9.94. The first-order valence-electron chi connectivity index (χ1n) is 5.57. The van der Waals surface area contributed by atoms with E-state index in [-0.39, 0.29) is 6.61 Å². The van der Waals surface area contributed by atoms with Crippen molar-refractivity contribution in [2.24, 2.45) is 0 Å². The maximum Gasteiger partial charge on any atom is 0.174 e. The van der Waals surface area contributed by atoms with Gasteiger partial charge in [0, 0.05) is 30.2 Å². The van der Waals surface area contributed by atoms with Crippen molar-refractivity contribution in [3.8, 4) is 11.8 Å². The third kappa shape index (κ3) is 3.55. The number of benzene rings is 1. The van der Waals surface area contributed by atoms with E-state index in [0.717, 1.165) is 22.9 Å². The van der Waals surface area contributed by atoms with Gasteiger partial charge in [-0.25, -0.2) is 4.98 Å². The lowest BCUT2D eigenvalue weighted by atomic mass is 10.2.